The number of hydrogen-bond donors (Lipinski definition) is 1. The average Bonchev–Trinajstić information content (AvgIpc) is 2.24. The summed E-state index contributed by atoms with van der Waals surface area (Å²) in [5.74, 6) is 2.36. The first-order chi connectivity index (χ1) is 7.67. The van der Waals surface area contributed by atoms with E-state index < -0.39 is 0 Å². The van der Waals surface area contributed by atoms with Crippen molar-refractivity contribution in [1.82, 2.24) is 10.2 Å². The second kappa shape index (κ2) is 6.26. The van der Waals surface area contributed by atoms with Gasteiger partial charge in [-0.25, -0.2) is 4.39 Å². The monoisotopic (exact) mass is 220 g/mol. The molecule has 0 radical (unpaired) electrons. The summed E-state index contributed by atoms with van der Waals surface area (Å²) in [4.78, 5) is 1.90. The number of rotatable bonds is 5. The highest BCUT2D eigenvalue weighted by atomic mass is 19.1. The lowest BCUT2D eigenvalue weighted by atomic mass is 10.1. The van der Waals surface area contributed by atoms with Gasteiger partial charge in [0.1, 0.15) is 5.82 Å². The maximum atomic E-state index is 13.5. The molecular weight excluding hydrogens is 203 g/mol. The van der Waals surface area contributed by atoms with E-state index in [1.807, 2.05) is 25.1 Å². The van der Waals surface area contributed by atoms with Crippen molar-refractivity contribution in [3.05, 3.63) is 35.1 Å². The van der Waals surface area contributed by atoms with Crippen molar-refractivity contribution in [2.75, 3.05) is 20.6 Å². The molecule has 1 rings (SSSR count). The minimum atomic E-state index is -0.177. The topological polar surface area (TPSA) is 15.3 Å². The third-order valence-corrected chi connectivity index (χ3v) is 2.29. The molecule has 0 aromatic heterocycles. The van der Waals surface area contributed by atoms with Crippen molar-refractivity contribution in [3.63, 3.8) is 0 Å². The number of nitrogens with one attached hydrogen (secondary N) is 1. The van der Waals surface area contributed by atoms with Gasteiger partial charge in [0.25, 0.3) is 0 Å². The first-order valence-electron chi connectivity index (χ1n) is 5.21. The van der Waals surface area contributed by atoms with E-state index in [0.717, 1.165) is 12.1 Å². The van der Waals surface area contributed by atoms with Crippen LogP contribution in [0.1, 0.15) is 11.1 Å². The van der Waals surface area contributed by atoms with Crippen LogP contribution >= 0.6 is 0 Å². The fourth-order valence-corrected chi connectivity index (χ4v) is 1.57. The molecule has 0 spiro atoms. The first-order valence-corrected chi connectivity index (χ1v) is 5.21. The molecule has 2 nitrogen and oxygen atoms in total. The molecule has 86 valence electrons. The molecular formula is C13H17FN2. The lowest BCUT2D eigenvalue weighted by Gasteiger charge is -2.14. The maximum Gasteiger partial charge on any atom is 0.127 e. The van der Waals surface area contributed by atoms with Crippen LogP contribution in [0, 0.1) is 18.2 Å². The zero-order valence-electron chi connectivity index (χ0n) is 9.76. The maximum absolute atomic E-state index is 13.5. The van der Waals surface area contributed by atoms with E-state index in [0.29, 0.717) is 18.7 Å². The van der Waals surface area contributed by atoms with Crippen molar-refractivity contribution < 1.29 is 4.39 Å². The molecule has 0 atom stereocenters. The van der Waals surface area contributed by atoms with Gasteiger partial charge in [0.15, 0.2) is 0 Å². The Morgan fingerprint density at radius 1 is 1.50 bits per heavy atom. The number of benzene rings is 1. The zero-order chi connectivity index (χ0) is 12.0. The van der Waals surface area contributed by atoms with Gasteiger partial charge < -0.3 is 5.32 Å². The molecule has 0 aliphatic carbocycles. The van der Waals surface area contributed by atoms with Crippen LogP contribution in [-0.2, 0) is 13.1 Å². The second-order valence-corrected chi connectivity index (χ2v) is 3.83. The summed E-state index contributed by atoms with van der Waals surface area (Å²) >= 11 is 0. The van der Waals surface area contributed by atoms with E-state index >= 15 is 0 Å². The van der Waals surface area contributed by atoms with Crippen LogP contribution in [0.3, 0.4) is 0 Å². The lowest BCUT2D eigenvalue weighted by Crippen LogP contribution is -2.19. The largest absolute Gasteiger partial charge is 0.316 e. The molecule has 0 bridgehead atoms. The third kappa shape index (κ3) is 3.65. The molecule has 1 N–H and O–H groups in total. The molecule has 0 saturated carbocycles. The number of halogens is 1. The summed E-state index contributed by atoms with van der Waals surface area (Å²) in [7, 11) is 3.75. The minimum absolute atomic E-state index is 0.177. The highest BCUT2D eigenvalue weighted by Crippen LogP contribution is 2.12. The fraction of sp³-hybridized carbons (Fsp3) is 0.385. The van der Waals surface area contributed by atoms with Gasteiger partial charge in [-0.05, 0) is 25.7 Å². The van der Waals surface area contributed by atoms with E-state index in [1.54, 1.807) is 6.07 Å². The normalized spacial score (nSPS) is 10.4. The van der Waals surface area contributed by atoms with Gasteiger partial charge in [0.05, 0.1) is 6.54 Å². The molecule has 3 heteroatoms. The molecule has 0 unspecified atom stereocenters. The highest BCUT2D eigenvalue weighted by Gasteiger charge is 2.06. The molecule has 0 fully saturated rings. The summed E-state index contributed by atoms with van der Waals surface area (Å²) in [6.45, 7) is 1.80. The standard InChI is InChI=1S/C13H17FN2/c1-4-7-16(3)10-12-8-11(9-15-2)5-6-13(12)14/h1,5-6,8,15H,7,9-10H2,2-3H3. The fourth-order valence-electron chi connectivity index (χ4n) is 1.57. The van der Waals surface area contributed by atoms with Crippen LogP contribution in [0.25, 0.3) is 0 Å². The van der Waals surface area contributed by atoms with Crippen molar-refractivity contribution in [2.45, 2.75) is 13.1 Å². The Morgan fingerprint density at radius 2 is 2.25 bits per heavy atom. The minimum Gasteiger partial charge on any atom is -0.316 e. The molecule has 1 aromatic rings. The Bertz CT molecular complexity index is 382. The van der Waals surface area contributed by atoms with Gasteiger partial charge in [-0.15, -0.1) is 6.42 Å². The number of terminal acetylenes is 1. The summed E-state index contributed by atoms with van der Waals surface area (Å²) in [5.41, 5.74) is 1.76. The SMILES string of the molecule is C#CCN(C)Cc1cc(CNC)ccc1F. The molecule has 0 aliphatic heterocycles. The molecule has 0 saturated heterocycles. The number of hydrogen-bond acceptors (Lipinski definition) is 2. The Kier molecular flexibility index (Phi) is 4.97. The first kappa shape index (κ1) is 12.7. The van der Waals surface area contributed by atoms with Crippen molar-refractivity contribution in [3.8, 4) is 12.3 Å². The van der Waals surface area contributed by atoms with Crippen molar-refractivity contribution in [1.29, 1.82) is 0 Å². The predicted molar refractivity (Wildman–Crippen MR) is 64.3 cm³/mol. The predicted octanol–water partition coefficient (Wildman–Crippen LogP) is 1.61. The smallest absolute Gasteiger partial charge is 0.127 e. The lowest BCUT2D eigenvalue weighted by molar-refractivity contribution is 0.361. The van der Waals surface area contributed by atoms with Crippen LogP contribution in [-0.4, -0.2) is 25.5 Å². The third-order valence-electron chi connectivity index (χ3n) is 2.29. The van der Waals surface area contributed by atoms with Gasteiger partial charge in [-0.1, -0.05) is 18.1 Å². The summed E-state index contributed by atoms with van der Waals surface area (Å²) in [6, 6.07) is 5.17. The van der Waals surface area contributed by atoms with E-state index in [9.17, 15) is 4.39 Å². The van der Waals surface area contributed by atoms with Gasteiger partial charge in [-0.3, -0.25) is 4.90 Å². The van der Waals surface area contributed by atoms with Gasteiger partial charge in [-0.2, -0.15) is 0 Å². The molecule has 16 heavy (non-hydrogen) atoms. The van der Waals surface area contributed by atoms with E-state index in [2.05, 4.69) is 11.2 Å². The Balaban J connectivity index is 2.78. The van der Waals surface area contributed by atoms with E-state index in [-0.39, 0.29) is 5.82 Å². The zero-order valence-corrected chi connectivity index (χ0v) is 9.76. The van der Waals surface area contributed by atoms with Crippen LogP contribution in [0.4, 0.5) is 4.39 Å². The van der Waals surface area contributed by atoms with Gasteiger partial charge >= 0.3 is 0 Å². The summed E-state index contributed by atoms with van der Waals surface area (Å²) in [5, 5.41) is 3.04. The van der Waals surface area contributed by atoms with Gasteiger partial charge in [0, 0.05) is 18.7 Å². The Labute approximate surface area is 96.5 Å². The molecule has 1 aromatic carbocycles. The highest BCUT2D eigenvalue weighted by molar-refractivity contribution is 5.25. The average molecular weight is 220 g/mol. The van der Waals surface area contributed by atoms with Crippen LogP contribution in [0.5, 0.6) is 0 Å². The van der Waals surface area contributed by atoms with Crippen molar-refractivity contribution >= 4 is 0 Å². The molecule has 0 heterocycles. The second-order valence-electron chi connectivity index (χ2n) is 3.83. The van der Waals surface area contributed by atoms with Crippen LogP contribution in [0.15, 0.2) is 18.2 Å². The number of nitrogens with zero attached hydrogens (tertiary/aromatic N) is 1. The van der Waals surface area contributed by atoms with Gasteiger partial charge in [0.2, 0.25) is 0 Å². The Hall–Kier alpha value is -1.37. The quantitative estimate of drug-likeness (QED) is 0.758. The van der Waals surface area contributed by atoms with Crippen molar-refractivity contribution in [2.24, 2.45) is 0 Å². The summed E-state index contributed by atoms with van der Waals surface area (Å²) < 4.78 is 13.5. The Morgan fingerprint density at radius 3 is 2.88 bits per heavy atom. The molecule has 0 aliphatic rings. The van der Waals surface area contributed by atoms with E-state index in [4.69, 9.17) is 6.42 Å². The summed E-state index contributed by atoms with van der Waals surface area (Å²) in [6.07, 6.45) is 5.20. The van der Waals surface area contributed by atoms with Crippen LogP contribution in [0.2, 0.25) is 0 Å². The molecule has 0 amide bonds. The van der Waals surface area contributed by atoms with Crippen LogP contribution < -0.4 is 5.32 Å². The van der Waals surface area contributed by atoms with E-state index in [1.165, 1.54) is 6.07 Å².